The molecule has 0 bridgehead atoms. The van der Waals surface area contributed by atoms with Crippen molar-refractivity contribution >= 4 is 11.8 Å². The zero-order valence-electron chi connectivity index (χ0n) is 11.4. The maximum absolute atomic E-state index is 11.9. The quantitative estimate of drug-likeness (QED) is 0.724. The Labute approximate surface area is 117 Å². The molecule has 0 saturated carbocycles. The highest BCUT2D eigenvalue weighted by Crippen LogP contribution is 2.24. The summed E-state index contributed by atoms with van der Waals surface area (Å²) >= 11 is 0. The van der Waals surface area contributed by atoms with E-state index in [2.05, 4.69) is 20.5 Å². The lowest BCUT2D eigenvalue weighted by Gasteiger charge is -2.24. The summed E-state index contributed by atoms with van der Waals surface area (Å²) in [6.07, 6.45) is 4.11. The third-order valence-electron chi connectivity index (χ3n) is 4.14. The van der Waals surface area contributed by atoms with E-state index in [4.69, 9.17) is 0 Å². The highest BCUT2D eigenvalue weighted by molar-refractivity contribution is 6.04. The van der Waals surface area contributed by atoms with E-state index in [0.29, 0.717) is 24.2 Å². The SMILES string of the molecule is O=C(CN1CC2CCCNC2C1)NC(=O)c1ccc[nH]1. The minimum Gasteiger partial charge on any atom is -0.357 e. The molecule has 2 unspecified atom stereocenters. The summed E-state index contributed by atoms with van der Waals surface area (Å²) in [5.74, 6) is 0.0497. The van der Waals surface area contributed by atoms with Gasteiger partial charge in [0.1, 0.15) is 5.69 Å². The van der Waals surface area contributed by atoms with Crippen LogP contribution in [0.2, 0.25) is 0 Å². The molecule has 20 heavy (non-hydrogen) atoms. The molecule has 3 heterocycles. The minimum absolute atomic E-state index is 0.233. The lowest BCUT2D eigenvalue weighted by molar-refractivity contribution is -0.121. The molecule has 0 spiro atoms. The van der Waals surface area contributed by atoms with Crippen molar-refractivity contribution in [3.63, 3.8) is 0 Å². The highest BCUT2D eigenvalue weighted by atomic mass is 16.2. The smallest absolute Gasteiger partial charge is 0.274 e. The van der Waals surface area contributed by atoms with Gasteiger partial charge in [-0.3, -0.25) is 19.8 Å². The number of carbonyl (C=O) groups is 2. The molecule has 0 aromatic carbocycles. The van der Waals surface area contributed by atoms with Crippen molar-refractivity contribution in [1.82, 2.24) is 20.5 Å². The fourth-order valence-corrected chi connectivity index (χ4v) is 3.17. The van der Waals surface area contributed by atoms with Crippen molar-refractivity contribution in [3.8, 4) is 0 Å². The zero-order valence-corrected chi connectivity index (χ0v) is 11.4. The fourth-order valence-electron chi connectivity index (χ4n) is 3.17. The number of hydrogen-bond acceptors (Lipinski definition) is 4. The van der Waals surface area contributed by atoms with Crippen LogP contribution in [0.15, 0.2) is 18.3 Å². The second-order valence-electron chi connectivity index (χ2n) is 5.62. The van der Waals surface area contributed by atoms with Crippen molar-refractivity contribution < 1.29 is 9.59 Å². The normalized spacial score (nSPS) is 26.2. The number of nitrogens with zero attached hydrogens (tertiary/aromatic N) is 1. The van der Waals surface area contributed by atoms with Crippen LogP contribution in [0.25, 0.3) is 0 Å². The van der Waals surface area contributed by atoms with Crippen LogP contribution in [-0.4, -0.2) is 53.9 Å². The molecule has 3 rings (SSSR count). The molecular formula is C14H20N4O2. The fraction of sp³-hybridized carbons (Fsp3) is 0.571. The van der Waals surface area contributed by atoms with Gasteiger partial charge < -0.3 is 10.3 Å². The number of fused-ring (bicyclic) bond motifs is 1. The minimum atomic E-state index is -0.366. The molecule has 108 valence electrons. The number of carbonyl (C=O) groups excluding carboxylic acids is 2. The standard InChI is InChI=1S/C14H20N4O2/c19-13(17-14(20)11-4-2-6-15-11)9-18-7-10-3-1-5-16-12(10)8-18/h2,4,6,10,12,15-16H,1,3,5,7-9H2,(H,17,19,20). The molecule has 2 saturated heterocycles. The van der Waals surface area contributed by atoms with Gasteiger partial charge in [0.15, 0.2) is 0 Å². The van der Waals surface area contributed by atoms with Crippen LogP contribution in [0, 0.1) is 5.92 Å². The number of piperidine rings is 1. The third kappa shape index (κ3) is 2.91. The highest BCUT2D eigenvalue weighted by Gasteiger charge is 2.34. The second-order valence-corrected chi connectivity index (χ2v) is 5.62. The molecule has 2 fully saturated rings. The van der Waals surface area contributed by atoms with Gasteiger partial charge in [-0.15, -0.1) is 0 Å². The van der Waals surface area contributed by atoms with Crippen LogP contribution in [0.5, 0.6) is 0 Å². The number of H-pyrrole nitrogens is 1. The number of aromatic amines is 1. The average Bonchev–Trinajstić information content (AvgIpc) is 3.07. The van der Waals surface area contributed by atoms with Gasteiger partial charge >= 0.3 is 0 Å². The molecular weight excluding hydrogens is 256 g/mol. The molecule has 2 amide bonds. The largest absolute Gasteiger partial charge is 0.357 e. The predicted molar refractivity (Wildman–Crippen MR) is 74.2 cm³/mol. The van der Waals surface area contributed by atoms with Crippen LogP contribution in [0.3, 0.4) is 0 Å². The van der Waals surface area contributed by atoms with Gasteiger partial charge in [-0.2, -0.15) is 0 Å². The van der Waals surface area contributed by atoms with Crippen molar-refractivity contribution in [2.75, 3.05) is 26.2 Å². The first-order valence-electron chi connectivity index (χ1n) is 7.15. The Hall–Kier alpha value is -1.66. The van der Waals surface area contributed by atoms with Crippen molar-refractivity contribution in [3.05, 3.63) is 24.0 Å². The first kappa shape index (κ1) is 13.3. The summed E-state index contributed by atoms with van der Waals surface area (Å²) in [5.41, 5.74) is 0.412. The molecule has 1 aromatic heterocycles. The number of likely N-dealkylation sites (tertiary alicyclic amines) is 1. The van der Waals surface area contributed by atoms with Crippen molar-refractivity contribution in [2.45, 2.75) is 18.9 Å². The molecule has 2 aliphatic rings. The summed E-state index contributed by atoms with van der Waals surface area (Å²) < 4.78 is 0. The summed E-state index contributed by atoms with van der Waals surface area (Å²) in [5, 5.41) is 5.92. The Balaban J connectivity index is 1.48. The van der Waals surface area contributed by atoms with E-state index < -0.39 is 0 Å². The van der Waals surface area contributed by atoms with Gasteiger partial charge in [0.2, 0.25) is 5.91 Å². The number of rotatable bonds is 3. The average molecular weight is 276 g/mol. The van der Waals surface area contributed by atoms with Crippen LogP contribution >= 0.6 is 0 Å². The van der Waals surface area contributed by atoms with Crippen LogP contribution < -0.4 is 10.6 Å². The van der Waals surface area contributed by atoms with Gasteiger partial charge in [-0.25, -0.2) is 0 Å². The van der Waals surface area contributed by atoms with E-state index in [0.717, 1.165) is 19.6 Å². The second kappa shape index (κ2) is 5.76. The number of hydrogen-bond donors (Lipinski definition) is 3. The first-order valence-corrected chi connectivity index (χ1v) is 7.15. The summed E-state index contributed by atoms with van der Waals surface area (Å²) in [6, 6.07) is 3.89. The molecule has 3 N–H and O–H groups in total. The van der Waals surface area contributed by atoms with Gasteiger partial charge in [-0.1, -0.05) is 0 Å². The maximum atomic E-state index is 11.9. The number of imide groups is 1. The van der Waals surface area contributed by atoms with Gasteiger partial charge in [0.25, 0.3) is 5.91 Å². The number of amides is 2. The summed E-state index contributed by atoms with van der Waals surface area (Å²) in [7, 11) is 0. The molecule has 0 aliphatic carbocycles. The Kier molecular flexibility index (Phi) is 3.84. The molecule has 6 heteroatoms. The Morgan fingerprint density at radius 1 is 1.40 bits per heavy atom. The lowest BCUT2D eigenvalue weighted by Crippen LogP contribution is -2.42. The van der Waals surface area contributed by atoms with Crippen LogP contribution in [-0.2, 0) is 4.79 Å². The number of aromatic nitrogens is 1. The molecule has 2 aliphatic heterocycles. The lowest BCUT2D eigenvalue weighted by atomic mass is 9.94. The van der Waals surface area contributed by atoms with Crippen LogP contribution in [0.4, 0.5) is 0 Å². The van der Waals surface area contributed by atoms with E-state index in [1.807, 2.05) is 0 Å². The maximum Gasteiger partial charge on any atom is 0.274 e. The topological polar surface area (TPSA) is 77.2 Å². The van der Waals surface area contributed by atoms with E-state index in [9.17, 15) is 9.59 Å². The Morgan fingerprint density at radius 2 is 2.30 bits per heavy atom. The molecule has 1 aromatic rings. The van der Waals surface area contributed by atoms with E-state index in [1.165, 1.54) is 12.8 Å². The zero-order chi connectivity index (χ0) is 13.9. The third-order valence-corrected chi connectivity index (χ3v) is 4.14. The molecule has 6 nitrogen and oxygen atoms in total. The Morgan fingerprint density at radius 3 is 3.05 bits per heavy atom. The van der Waals surface area contributed by atoms with Crippen LogP contribution in [0.1, 0.15) is 23.3 Å². The van der Waals surface area contributed by atoms with E-state index in [-0.39, 0.29) is 11.8 Å². The van der Waals surface area contributed by atoms with Gasteiger partial charge in [0, 0.05) is 25.3 Å². The Bertz CT molecular complexity index is 471. The van der Waals surface area contributed by atoms with Crippen molar-refractivity contribution in [2.24, 2.45) is 5.92 Å². The van der Waals surface area contributed by atoms with Gasteiger partial charge in [-0.05, 0) is 37.4 Å². The monoisotopic (exact) mass is 276 g/mol. The molecule has 2 atom stereocenters. The predicted octanol–water partition coefficient (Wildman–Crippen LogP) is -0.0451. The van der Waals surface area contributed by atoms with E-state index in [1.54, 1.807) is 18.3 Å². The van der Waals surface area contributed by atoms with E-state index >= 15 is 0 Å². The van der Waals surface area contributed by atoms with Crippen molar-refractivity contribution in [1.29, 1.82) is 0 Å². The summed E-state index contributed by atoms with van der Waals surface area (Å²) in [6.45, 7) is 3.21. The molecule has 0 radical (unpaired) electrons. The number of nitrogens with one attached hydrogen (secondary N) is 3. The first-order chi connectivity index (χ1) is 9.72. The summed E-state index contributed by atoms with van der Waals surface area (Å²) in [4.78, 5) is 28.6. The van der Waals surface area contributed by atoms with Gasteiger partial charge in [0.05, 0.1) is 6.54 Å².